The maximum absolute atomic E-state index is 3.60. The first kappa shape index (κ1) is 18.0. The summed E-state index contributed by atoms with van der Waals surface area (Å²) in [6.07, 6.45) is 0. The molecule has 144 valence electrons. The summed E-state index contributed by atoms with van der Waals surface area (Å²) in [5.74, 6) is 0.554. The van der Waals surface area contributed by atoms with Crippen LogP contribution >= 0.6 is 0 Å². The van der Waals surface area contributed by atoms with E-state index in [1.165, 1.54) is 38.6 Å². The van der Waals surface area contributed by atoms with Gasteiger partial charge in [0.05, 0.1) is 0 Å². The van der Waals surface area contributed by atoms with Crippen LogP contribution in [0.5, 0.6) is 0 Å². The molecule has 1 N–H and O–H groups in total. The second-order valence-corrected chi connectivity index (χ2v) is 9.00. The van der Waals surface area contributed by atoms with Crippen molar-refractivity contribution >= 4 is 22.1 Å². The van der Waals surface area contributed by atoms with Crippen molar-refractivity contribution in [1.29, 1.82) is 0 Å². The molecule has 0 fully saturated rings. The molecular formula is C28H27N. The van der Waals surface area contributed by atoms with Crippen molar-refractivity contribution in [1.82, 2.24) is 0 Å². The molecule has 0 spiro atoms. The van der Waals surface area contributed by atoms with Gasteiger partial charge in [0.15, 0.2) is 0 Å². The van der Waals surface area contributed by atoms with Gasteiger partial charge in [-0.1, -0.05) is 82.3 Å². The van der Waals surface area contributed by atoms with Gasteiger partial charge in [-0.15, -0.1) is 0 Å². The summed E-state index contributed by atoms with van der Waals surface area (Å²) in [7, 11) is 0. The van der Waals surface area contributed by atoms with Crippen LogP contribution in [0.2, 0.25) is 0 Å². The summed E-state index contributed by atoms with van der Waals surface area (Å²) in [5.41, 5.74) is 9.22. The van der Waals surface area contributed by atoms with Gasteiger partial charge in [0.25, 0.3) is 0 Å². The average Bonchev–Trinajstić information content (AvgIpc) is 2.95. The van der Waals surface area contributed by atoms with Gasteiger partial charge in [0.1, 0.15) is 0 Å². The molecule has 5 rings (SSSR count). The highest BCUT2D eigenvalue weighted by molar-refractivity contribution is 6.02. The minimum atomic E-state index is -0.00606. The highest BCUT2D eigenvalue weighted by Gasteiger charge is 2.36. The zero-order valence-electron chi connectivity index (χ0n) is 17.6. The fourth-order valence-corrected chi connectivity index (χ4v) is 4.70. The van der Waals surface area contributed by atoms with Crippen LogP contribution in [0.25, 0.3) is 21.9 Å². The van der Waals surface area contributed by atoms with Gasteiger partial charge in [-0.05, 0) is 68.8 Å². The van der Waals surface area contributed by atoms with Gasteiger partial charge >= 0.3 is 0 Å². The minimum absolute atomic E-state index is 0.00606. The SMILES string of the molecule is CC(C)c1ccc(Nc2ccc3c(c2)C(C)(C)c2ccc4ccccc4c2-3)cc1. The molecule has 1 aliphatic carbocycles. The molecule has 4 aromatic carbocycles. The van der Waals surface area contributed by atoms with E-state index in [0.717, 1.165) is 11.4 Å². The maximum atomic E-state index is 3.60. The summed E-state index contributed by atoms with van der Waals surface area (Å²) in [4.78, 5) is 0. The molecule has 0 heterocycles. The zero-order valence-corrected chi connectivity index (χ0v) is 17.6. The highest BCUT2D eigenvalue weighted by atomic mass is 14.9. The molecule has 0 atom stereocenters. The molecular weight excluding hydrogens is 350 g/mol. The second-order valence-electron chi connectivity index (χ2n) is 9.00. The van der Waals surface area contributed by atoms with Crippen LogP contribution in [-0.4, -0.2) is 0 Å². The molecule has 1 nitrogen and oxygen atoms in total. The highest BCUT2D eigenvalue weighted by Crippen LogP contribution is 2.51. The smallest absolute Gasteiger partial charge is 0.0387 e. The van der Waals surface area contributed by atoms with Crippen molar-refractivity contribution < 1.29 is 0 Å². The molecule has 0 radical (unpaired) electrons. The molecule has 29 heavy (non-hydrogen) atoms. The fraction of sp³-hybridized carbons (Fsp3) is 0.214. The largest absolute Gasteiger partial charge is 0.356 e. The number of hydrogen-bond donors (Lipinski definition) is 1. The molecule has 0 unspecified atom stereocenters. The molecule has 0 saturated carbocycles. The molecule has 4 aromatic rings. The molecule has 0 aromatic heterocycles. The Kier molecular flexibility index (Phi) is 4.03. The predicted molar refractivity (Wildman–Crippen MR) is 125 cm³/mol. The van der Waals surface area contributed by atoms with Gasteiger partial charge in [-0.3, -0.25) is 0 Å². The van der Waals surface area contributed by atoms with E-state index in [-0.39, 0.29) is 5.41 Å². The lowest BCUT2D eigenvalue weighted by molar-refractivity contribution is 0.661. The second kappa shape index (κ2) is 6.49. The van der Waals surface area contributed by atoms with E-state index in [1.807, 2.05) is 0 Å². The topological polar surface area (TPSA) is 12.0 Å². The molecule has 0 bridgehead atoms. The Morgan fingerprint density at radius 1 is 0.724 bits per heavy atom. The molecule has 1 aliphatic rings. The van der Waals surface area contributed by atoms with Crippen LogP contribution in [0.3, 0.4) is 0 Å². The third-order valence-electron chi connectivity index (χ3n) is 6.43. The molecule has 0 aliphatic heterocycles. The fourth-order valence-electron chi connectivity index (χ4n) is 4.70. The van der Waals surface area contributed by atoms with Crippen LogP contribution in [-0.2, 0) is 5.41 Å². The van der Waals surface area contributed by atoms with Gasteiger partial charge in [0, 0.05) is 16.8 Å². The number of hydrogen-bond acceptors (Lipinski definition) is 1. The Morgan fingerprint density at radius 3 is 2.21 bits per heavy atom. The standard InChI is InChI=1S/C28H27N/c1-18(2)19-9-12-21(13-10-19)29-22-14-15-24-26(17-22)28(3,4)25-16-11-20-7-5-6-8-23(20)27(24)25/h5-18,29H,1-4H3. The van der Waals surface area contributed by atoms with Crippen molar-refractivity contribution in [3.63, 3.8) is 0 Å². The summed E-state index contributed by atoms with van der Waals surface area (Å²) in [6, 6.07) is 28.9. The van der Waals surface area contributed by atoms with E-state index in [4.69, 9.17) is 0 Å². The van der Waals surface area contributed by atoms with Crippen LogP contribution in [0.15, 0.2) is 78.9 Å². The lowest BCUT2D eigenvalue weighted by Gasteiger charge is -2.22. The first-order valence-corrected chi connectivity index (χ1v) is 10.5. The Hall–Kier alpha value is -3.06. The number of fused-ring (bicyclic) bond motifs is 5. The van der Waals surface area contributed by atoms with Gasteiger partial charge < -0.3 is 5.32 Å². The van der Waals surface area contributed by atoms with E-state index < -0.39 is 0 Å². The third kappa shape index (κ3) is 2.84. The maximum Gasteiger partial charge on any atom is 0.0387 e. The number of benzene rings is 4. The van der Waals surface area contributed by atoms with Crippen LogP contribution in [0.1, 0.15) is 50.3 Å². The molecule has 1 heteroatoms. The van der Waals surface area contributed by atoms with E-state index >= 15 is 0 Å². The Bertz CT molecular complexity index is 1210. The Morgan fingerprint density at radius 2 is 1.45 bits per heavy atom. The predicted octanol–water partition coefficient (Wildman–Crippen LogP) is 8.01. The van der Waals surface area contributed by atoms with Crippen molar-refractivity contribution in [3.8, 4) is 11.1 Å². The summed E-state index contributed by atoms with van der Waals surface area (Å²) in [5, 5.41) is 6.26. The van der Waals surface area contributed by atoms with Gasteiger partial charge in [-0.25, -0.2) is 0 Å². The number of anilines is 2. The Labute approximate surface area is 173 Å². The lowest BCUT2D eigenvalue weighted by Crippen LogP contribution is -2.15. The molecule has 0 saturated heterocycles. The normalized spacial score (nSPS) is 14.1. The first-order valence-electron chi connectivity index (χ1n) is 10.5. The van der Waals surface area contributed by atoms with Gasteiger partial charge in [-0.2, -0.15) is 0 Å². The number of rotatable bonds is 3. The van der Waals surface area contributed by atoms with E-state index in [1.54, 1.807) is 0 Å². The van der Waals surface area contributed by atoms with Crippen molar-refractivity contribution in [3.05, 3.63) is 95.6 Å². The van der Waals surface area contributed by atoms with Crippen molar-refractivity contribution in [2.24, 2.45) is 0 Å². The van der Waals surface area contributed by atoms with E-state index in [0.29, 0.717) is 5.92 Å². The summed E-state index contributed by atoms with van der Waals surface area (Å²) >= 11 is 0. The van der Waals surface area contributed by atoms with E-state index in [9.17, 15) is 0 Å². The first-order chi connectivity index (χ1) is 13.9. The quantitative estimate of drug-likeness (QED) is 0.381. The molecule has 0 amide bonds. The van der Waals surface area contributed by atoms with Crippen LogP contribution in [0, 0.1) is 0 Å². The third-order valence-corrected chi connectivity index (χ3v) is 6.43. The van der Waals surface area contributed by atoms with E-state index in [2.05, 4.69) is 112 Å². The van der Waals surface area contributed by atoms with Gasteiger partial charge in [0.2, 0.25) is 0 Å². The summed E-state index contributed by atoms with van der Waals surface area (Å²) < 4.78 is 0. The average molecular weight is 378 g/mol. The zero-order chi connectivity index (χ0) is 20.2. The van der Waals surface area contributed by atoms with Crippen LogP contribution < -0.4 is 5.32 Å². The van der Waals surface area contributed by atoms with Crippen LogP contribution in [0.4, 0.5) is 11.4 Å². The Balaban J connectivity index is 1.57. The summed E-state index contributed by atoms with van der Waals surface area (Å²) in [6.45, 7) is 9.14. The number of nitrogens with one attached hydrogen (secondary N) is 1. The lowest BCUT2D eigenvalue weighted by atomic mass is 9.82. The monoisotopic (exact) mass is 377 g/mol. The minimum Gasteiger partial charge on any atom is -0.356 e. The van der Waals surface area contributed by atoms with Crippen molar-refractivity contribution in [2.75, 3.05) is 5.32 Å². The van der Waals surface area contributed by atoms with Crippen molar-refractivity contribution in [2.45, 2.75) is 39.0 Å².